The van der Waals surface area contributed by atoms with Gasteiger partial charge in [0.2, 0.25) is 0 Å². The van der Waals surface area contributed by atoms with Gasteiger partial charge >= 0.3 is 0 Å². The second kappa shape index (κ2) is 4.38. The third-order valence-electron chi connectivity index (χ3n) is 2.85. The van der Waals surface area contributed by atoms with Gasteiger partial charge in [0.05, 0.1) is 16.1 Å². The lowest BCUT2D eigenvalue weighted by atomic mass is 10.1. The van der Waals surface area contributed by atoms with Crippen LogP contribution in [0.15, 0.2) is 23.1 Å². The number of nitrogens with one attached hydrogen (secondary N) is 1. The molecule has 0 radical (unpaired) electrons. The van der Waals surface area contributed by atoms with Crippen LogP contribution in [0.1, 0.15) is 12.8 Å². The van der Waals surface area contributed by atoms with E-state index in [0.717, 1.165) is 18.2 Å². The van der Waals surface area contributed by atoms with E-state index in [1.54, 1.807) is 18.3 Å². The summed E-state index contributed by atoms with van der Waals surface area (Å²) >= 11 is 6.00. The Morgan fingerprint density at radius 1 is 1.28 bits per heavy atom. The minimum Gasteiger partial charge on any atom is -0.306 e. The van der Waals surface area contributed by atoms with Crippen LogP contribution >= 0.6 is 11.6 Å². The molecule has 0 aliphatic heterocycles. The van der Waals surface area contributed by atoms with E-state index in [1.165, 1.54) is 0 Å². The van der Waals surface area contributed by atoms with Gasteiger partial charge < -0.3 is 4.98 Å². The smallest absolute Gasteiger partial charge is 0.258 e. The van der Waals surface area contributed by atoms with Crippen LogP contribution in [0.2, 0.25) is 5.15 Å². The number of aromatic amines is 1. The molecule has 1 aliphatic carbocycles. The van der Waals surface area contributed by atoms with Gasteiger partial charge in [0.15, 0.2) is 0 Å². The molecule has 0 spiro atoms. The first kappa shape index (κ1) is 11.2. The predicted octanol–water partition coefficient (Wildman–Crippen LogP) is 0.840. The molecule has 0 saturated heterocycles. The van der Waals surface area contributed by atoms with E-state index in [0.29, 0.717) is 21.8 Å². The maximum absolute atomic E-state index is 12.0. The highest BCUT2D eigenvalue weighted by atomic mass is 35.5. The van der Waals surface area contributed by atoms with Crippen molar-refractivity contribution in [2.24, 2.45) is 0 Å². The summed E-state index contributed by atoms with van der Waals surface area (Å²) in [5.41, 5.74) is 0.504. The Morgan fingerprint density at radius 2 is 2.11 bits per heavy atom. The number of hydrogen-bond donors (Lipinski definition) is 1. The molecule has 0 unspecified atom stereocenters. The predicted molar refractivity (Wildman–Crippen MR) is 70.5 cm³/mol. The number of hydrogen-bond acceptors (Lipinski definition) is 3. The van der Waals surface area contributed by atoms with E-state index in [4.69, 9.17) is 11.6 Å². The van der Waals surface area contributed by atoms with Crippen LogP contribution in [-0.2, 0) is 0 Å². The first-order valence-corrected chi connectivity index (χ1v) is 6.05. The van der Waals surface area contributed by atoms with E-state index in [1.807, 2.05) is 12.2 Å². The highest BCUT2D eigenvalue weighted by molar-refractivity contribution is 6.31. The molecule has 2 aromatic rings. The van der Waals surface area contributed by atoms with Crippen LogP contribution in [-0.4, -0.2) is 15.0 Å². The first-order chi connectivity index (χ1) is 8.75. The van der Waals surface area contributed by atoms with Crippen LogP contribution in [0, 0.1) is 0 Å². The van der Waals surface area contributed by atoms with Gasteiger partial charge in [-0.1, -0.05) is 23.8 Å². The van der Waals surface area contributed by atoms with Crippen LogP contribution in [0.3, 0.4) is 0 Å². The van der Waals surface area contributed by atoms with Crippen molar-refractivity contribution in [2.75, 3.05) is 0 Å². The molecule has 0 bridgehead atoms. The zero-order valence-electron chi connectivity index (χ0n) is 9.48. The third kappa shape index (κ3) is 1.84. The lowest BCUT2D eigenvalue weighted by molar-refractivity contribution is 1.01. The normalized spacial score (nSPS) is 13.4. The van der Waals surface area contributed by atoms with Gasteiger partial charge in [-0.05, 0) is 25.0 Å². The molecule has 5 heteroatoms. The molecule has 0 atom stereocenters. The molecule has 18 heavy (non-hydrogen) atoms. The Bertz CT molecular complexity index is 780. The quantitative estimate of drug-likeness (QED) is 0.772. The lowest BCUT2D eigenvalue weighted by Gasteiger charge is -2.04. The Hall–Kier alpha value is -1.94. The van der Waals surface area contributed by atoms with Gasteiger partial charge in [-0.2, -0.15) is 0 Å². The van der Waals surface area contributed by atoms with Crippen molar-refractivity contribution >= 4 is 23.8 Å². The minimum atomic E-state index is -0.133. The second-order valence-corrected chi connectivity index (χ2v) is 4.40. The van der Waals surface area contributed by atoms with Crippen molar-refractivity contribution in [3.8, 4) is 11.4 Å². The average Bonchev–Trinajstić information content (AvgIpc) is 2.39. The monoisotopic (exact) mass is 259 g/mol. The van der Waals surface area contributed by atoms with E-state index in [2.05, 4.69) is 15.0 Å². The van der Waals surface area contributed by atoms with Crippen molar-refractivity contribution in [3.63, 3.8) is 0 Å². The van der Waals surface area contributed by atoms with Crippen molar-refractivity contribution in [2.45, 2.75) is 12.8 Å². The summed E-state index contributed by atoms with van der Waals surface area (Å²) in [6.45, 7) is 0. The Kier molecular flexibility index (Phi) is 2.72. The number of H-pyrrole nitrogens is 1. The molecular formula is C13H10ClN3O. The highest BCUT2D eigenvalue weighted by Gasteiger charge is 2.08. The fraction of sp³-hybridized carbons (Fsp3) is 0.154. The topological polar surface area (TPSA) is 58.6 Å². The van der Waals surface area contributed by atoms with E-state index in [-0.39, 0.29) is 5.56 Å². The molecule has 4 nitrogen and oxygen atoms in total. The van der Waals surface area contributed by atoms with Crippen LogP contribution in [0.5, 0.6) is 0 Å². The van der Waals surface area contributed by atoms with Crippen molar-refractivity contribution < 1.29 is 0 Å². The Labute approximate surface area is 108 Å². The van der Waals surface area contributed by atoms with Gasteiger partial charge in [-0.3, -0.25) is 4.79 Å². The fourth-order valence-electron chi connectivity index (χ4n) is 1.99. The second-order valence-electron chi connectivity index (χ2n) is 4.04. The fourth-order valence-corrected chi connectivity index (χ4v) is 2.20. The van der Waals surface area contributed by atoms with Gasteiger partial charge in [0.1, 0.15) is 11.0 Å². The summed E-state index contributed by atoms with van der Waals surface area (Å²) in [6.07, 6.45) is 7.27. The largest absolute Gasteiger partial charge is 0.306 e. The maximum atomic E-state index is 12.0. The molecule has 0 saturated carbocycles. The summed E-state index contributed by atoms with van der Waals surface area (Å²) < 4.78 is 0. The van der Waals surface area contributed by atoms with Crippen molar-refractivity contribution in [1.29, 1.82) is 0 Å². The van der Waals surface area contributed by atoms with Gasteiger partial charge in [0, 0.05) is 6.20 Å². The van der Waals surface area contributed by atoms with Gasteiger partial charge in [-0.15, -0.1) is 0 Å². The third-order valence-corrected chi connectivity index (χ3v) is 3.15. The molecule has 0 amide bonds. The number of aromatic nitrogens is 3. The lowest BCUT2D eigenvalue weighted by Crippen LogP contribution is -2.44. The molecule has 2 aromatic heterocycles. The molecule has 2 heterocycles. The summed E-state index contributed by atoms with van der Waals surface area (Å²) in [5, 5.41) is 1.70. The SMILES string of the molecule is O=c1[nH]c(-c2cccnc2Cl)nc2c1=CCCC=2. The zero-order chi connectivity index (χ0) is 12.5. The minimum absolute atomic E-state index is 0.133. The van der Waals surface area contributed by atoms with Crippen molar-refractivity contribution in [3.05, 3.63) is 44.4 Å². The zero-order valence-corrected chi connectivity index (χ0v) is 10.2. The van der Waals surface area contributed by atoms with E-state index in [9.17, 15) is 4.79 Å². The summed E-state index contributed by atoms with van der Waals surface area (Å²) in [5.74, 6) is 0.461. The van der Waals surface area contributed by atoms with Crippen LogP contribution in [0.4, 0.5) is 0 Å². The highest BCUT2D eigenvalue weighted by Crippen LogP contribution is 2.20. The van der Waals surface area contributed by atoms with E-state index < -0.39 is 0 Å². The number of fused-ring (bicyclic) bond motifs is 1. The van der Waals surface area contributed by atoms with Crippen LogP contribution < -0.4 is 16.1 Å². The maximum Gasteiger partial charge on any atom is 0.258 e. The Balaban J connectivity index is 2.32. The summed E-state index contributed by atoms with van der Waals surface area (Å²) in [4.78, 5) is 23.1. The molecule has 90 valence electrons. The average molecular weight is 260 g/mol. The molecule has 0 aromatic carbocycles. The summed E-state index contributed by atoms with van der Waals surface area (Å²) in [6, 6.07) is 3.54. The first-order valence-electron chi connectivity index (χ1n) is 5.67. The molecule has 1 aliphatic rings. The number of pyridine rings is 1. The molecule has 3 rings (SSSR count). The van der Waals surface area contributed by atoms with Crippen LogP contribution in [0.25, 0.3) is 23.5 Å². The van der Waals surface area contributed by atoms with Gasteiger partial charge in [-0.25, -0.2) is 9.97 Å². The number of rotatable bonds is 1. The number of halogens is 1. The number of nitrogens with zero attached hydrogens (tertiary/aromatic N) is 2. The Morgan fingerprint density at radius 3 is 2.94 bits per heavy atom. The molecular weight excluding hydrogens is 250 g/mol. The van der Waals surface area contributed by atoms with Crippen molar-refractivity contribution in [1.82, 2.24) is 15.0 Å². The molecule has 1 N–H and O–H groups in total. The molecule has 0 fully saturated rings. The summed E-state index contributed by atoms with van der Waals surface area (Å²) in [7, 11) is 0. The van der Waals surface area contributed by atoms with E-state index >= 15 is 0 Å². The standard InChI is InChI=1S/C13H10ClN3O/c14-11-9(5-3-7-15-11)12-16-10-6-2-1-4-8(10)13(18)17-12/h3-7H,1-2H2,(H,16,17,18). The van der Waals surface area contributed by atoms with Gasteiger partial charge in [0.25, 0.3) is 5.56 Å².